The van der Waals surface area contributed by atoms with E-state index in [1.807, 2.05) is 0 Å². The van der Waals surface area contributed by atoms with E-state index in [0.717, 1.165) is 6.07 Å². The molecule has 94 valence electrons. The van der Waals surface area contributed by atoms with Crippen molar-refractivity contribution in [3.05, 3.63) is 53.7 Å². The minimum atomic E-state index is -0.640. The maximum absolute atomic E-state index is 13.5. The van der Waals surface area contributed by atoms with Crippen LogP contribution in [0.1, 0.15) is 29.1 Å². The highest BCUT2D eigenvalue weighted by Gasteiger charge is 2.16. The highest BCUT2D eigenvalue weighted by Crippen LogP contribution is 2.15. The number of hydrogen-bond donors (Lipinski definition) is 2. The van der Waals surface area contributed by atoms with Crippen LogP contribution in [-0.4, -0.2) is 5.91 Å². The van der Waals surface area contributed by atoms with Gasteiger partial charge in [-0.15, -0.1) is 0 Å². The van der Waals surface area contributed by atoms with E-state index in [9.17, 15) is 9.18 Å². The maximum Gasteiger partial charge on any atom is 0.254 e. The van der Waals surface area contributed by atoms with Gasteiger partial charge in [-0.1, -0.05) is 0 Å². The third kappa shape index (κ3) is 2.51. The Hall–Kier alpha value is -2.30. The molecule has 1 heterocycles. The van der Waals surface area contributed by atoms with Crippen LogP contribution in [0.2, 0.25) is 0 Å². The highest BCUT2D eigenvalue weighted by atomic mass is 19.1. The number of halogens is 1. The number of nitrogens with two attached hydrogens (primary N) is 1. The molecule has 0 unspecified atom stereocenters. The Balaban J connectivity index is 2.12. The predicted molar refractivity (Wildman–Crippen MR) is 65.4 cm³/mol. The van der Waals surface area contributed by atoms with Gasteiger partial charge in [0.15, 0.2) is 0 Å². The van der Waals surface area contributed by atoms with Crippen molar-refractivity contribution in [3.63, 3.8) is 0 Å². The molecule has 3 N–H and O–H groups in total. The molecule has 1 atom stereocenters. The number of carbonyl (C=O) groups excluding carboxylic acids is 1. The number of amides is 1. The zero-order valence-electron chi connectivity index (χ0n) is 9.81. The Morgan fingerprint density at radius 1 is 1.44 bits per heavy atom. The minimum absolute atomic E-state index is 0.0393. The second-order valence-electron chi connectivity index (χ2n) is 3.95. The lowest BCUT2D eigenvalue weighted by Gasteiger charge is -2.12. The molecule has 0 bridgehead atoms. The van der Waals surface area contributed by atoms with Crippen molar-refractivity contribution in [1.29, 1.82) is 0 Å². The largest absolute Gasteiger partial charge is 0.467 e. The lowest BCUT2D eigenvalue weighted by molar-refractivity contribution is 0.0931. The van der Waals surface area contributed by atoms with Gasteiger partial charge in [-0.3, -0.25) is 4.79 Å². The first kappa shape index (κ1) is 12.2. The molecule has 0 fully saturated rings. The van der Waals surface area contributed by atoms with E-state index in [0.29, 0.717) is 5.76 Å². The fourth-order valence-corrected chi connectivity index (χ4v) is 1.60. The third-order valence-electron chi connectivity index (χ3n) is 2.56. The molecule has 0 aliphatic heterocycles. The molecule has 0 aliphatic rings. The van der Waals surface area contributed by atoms with Crippen molar-refractivity contribution < 1.29 is 13.6 Å². The quantitative estimate of drug-likeness (QED) is 0.820. The Bertz CT molecular complexity index is 552. The van der Waals surface area contributed by atoms with Gasteiger partial charge in [0, 0.05) is 5.69 Å². The number of benzene rings is 1. The average molecular weight is 248 g/mol. The predicted octanol–water partition coefficient (Wildman–Crippen LogP) is 2.49. The molecule has 0 spiro atoms. The van der Waals surface area contributed by atoms with Gasteiger partial charge in [0.05, 0.1) is 17.9 Å². The zero-order valence-corrected chi connectivity index (χ0v) is 9.81. The van der Waals surface area contributed by atoms with Crippen LogP contribution in [0.15, 0.2) is 41.0 Å². The molecule has 1 aromatic heterocycles. The van der Waals surface area contributed by atoms with Crippen molar-refractivity contribution in [3.8, 4) is 0 Å². The van der Waals surface area contributed by atoms with E-state index in [-0.39, 0.29) is 17.3 Å². The molecule has 18 heavy (non-hydrogen) atoms. The number of nitrogen functional groups attached to an aromatic ring is 1. The average Bonchev–Trinajstić information content (AvgIpc) is 2.81. The number of nitrogens with one attached hydrogen (secondary N) is 1. The highest BCUT2D eigenvalue weighted by molar-refractivity contribution is 5.95. The topological polar surface area (TPSA) is 68.3 Å². The molecular weight excluding hydrogens is 235 g/mol. The second-order valence-corrected chi connectivity index (χ2v) is 3.95. The zero-order chi connectivity index (χ0) is 13.1. The van der Waals surface area contributed by atoms with Crippen LogP contribution < -0.4 is 11.1 Å². The molecule has 1 amide bonds. The van der Waals surface area contributed by atoms with Crippen molar-refractivity contribution in [2.45, 2.75) is 13.0 Å². The molecule has 2 aromatic rings. The summed E-state index contributed by atoms with van der Waals surface area (Å²) >= 11 is 0. The third-order valence-corrected chi connectivity index (χ3v) is 2.56. The Morgan fingerprint density at radius 2 is 2.22 bits per heavy atom. The van der Waals surface area contributed by atoms with E-state index >= 15 is 0 Å². The van der Waals surface area contributed by atoms with Crippen molar-refractivity contribution in [1.82, 2.24) is 5.32 Å². The van der Waals surface area contributed by atoms with E-state index in [1.165, 1.54) is 18.4 Å². The van der Waals surface area contributed by atoms with E-state index in [1.54, 1.807) is 19.1 Å². The van der Waals surface area contributed by atoms with Gasteiger partial charge >= 0.3 is 0 Å². The summed E-state index contributed by atoms with van der Waals surface area (Å²) in [5.41, 5.74) is 5.66. The van der Waals surface area contributed by atoms with Crippen LogP contribution >= 0.6 is 0 Å². The second kappa shape index (κ2) is 4.91. The molecule has 2 rings (SSSR count). The Kier molecular flexibility index (Phi) is 3.32. The van der Waals surface area contributed by atoms with E-state index in [2.05, 4.69) is 5.32 Å². The summed E-state index contributed by atoms with van der Waals surface area (Å²) in [4.78, 5) is 11.8. The van der Waals surface area contributed by atoms with Crippen LogP contribution in [0.5, 0.6) is 0 Å². The van der Waals surface area contributed by atoms with Gasteiger partial charge in [-0.2, -0.15) is 0 Å². The Morgan fingerprint density at radius 3 is 2.83 bits per heavy atom. The normalized spacial score (nSPS) is 12.1. The van der Waals surface area contributed by atoms with Crippen molar-refractivity contribution in [2.75, 3.05) is 5.73 Å². The maximum atomic E-state index is 13.5. The SMILES string of the molecule is C[C@H](NC(=O)c1ccc(N)cc1F)c1ccco1. The summed E-state index contributed by atoms with van der Waals surface area (Å²) in [6, 6.07) is 7.09. The number of carbonyl (C=O) groups is 1. The summed E-state index contributed by atoms with van der Waals surface area (Å²) in [6.07, 6.45) is 1.52. The fourth-order valence-electron chi connectivity index (χ4n) is 1.60. The van der Waals surface area contributed by atoms with Gasteiger partial charge in [0.25, 0.3) is 5.91 Å². The molecule has 1 aromatic carbocycles. The van der Waals surface area contributed by atoms with Gasteiger partial charge < -0.3 is 15.5 Å². The summed E-state index contributed by atoms with van der Waals surface area (Å²) in [5, 5.41) is 2.65. The fraction of sp³-hybridized carbons (Fsp3) is 0.154. The summed E-state index contributed by atoms with van der Waals surface area (Å²) in [7, 11) is 0. The monoisotopic (exact) mass is 248 g/mol. The lowest BCUT2D eigenvalue weighted by Crippen LogP contribution is -2.27. The number of furan rings is 1. The van der Waals surface area contributed by atoms with Crippen LogP contribution in [0, 0.1) is 5.82 Å². The van der Waals surface area contributed by atoms with Crippen molar-refractivity contribution >= 4 is 11.6 Å². The molecule has 0 radical (unpaired) electrons. The molecular formula is C13H13FN2O2. The smallest absolute Gasteiger partial charge is 0.254 e. The van der Waals surface area contributed by atoms with Crippen LogP contribution in [0.3, 0.4) is 0 Å². The summed E-state index contributed by atoms with van der Waals surface area (Å²) in [5.74, 6) is -0.533. The summed E-state index contributed by atoms with van der Waals surface area (Å²) < 4.78 is 18.7. The first-order valence-electron chi connectivity index (χ1n) is 5.47. The molecule has 4 nitrogen and oxygen atoms in total. The van der Waals surface area contributed by atoms with Gasteiger partial charge in [0.2, 0.25) is 0 Å². The van der Waals surface area contributed by atoms with Crippen LogP contribution in [-0.2, 0) is 0 Å². The van der Waals surface area contributed by atoms with Crippen LogP contribution in [0.4, 0.5) is 10.1 Å². The van der Waals surface area contributed by atoms with E-state index < -0.39 is 11.7 Å². The van der Waals surface area contributed by atoms with Crippen molar-refractivity contribution in [2.24, 2.45) is 0 Å². The number of anilines is 1. The summed E-state index contributed by atoms with van der Waals surface area (Å²) in [6.45, 7) is 1.76. The number of rotatable bonds is 3. The molecule has 0 saturated heterocycles. The van der Waals surface area contributed by atoms with Gasteiger partial charge in [-0.05, 0) is 37.3 Å². The minimum Gasteiger partial charge on any atom is -0.467 e. The standard InChI is InChI=1S/C13H13FN2O2/c1-8(12-3-2-6-18-12)16-13(17)10-5-4-9(15)7-11(10)14/h2-8H,15H2,1H3,(H,16,17)/t8-/m0/s1. The van der Waals surface area contributed by atoms with E-state index in [4.69, 9.17) is 10.2 Å². The van der Waals surface area contributed by atoms with Gasteiger partial charge in [-0.25, -0.2) is 4.39 Å². The molecule has 0 aliphatic carbocycles. The van der Waals surface area contributed by atoms with Crippen LogP contribution in [0.25, 0.3) is 0 Å². The lowest BCUT2D eigenvalue weighted by atomic mass is 10.1. The molecule has 5 heteroatoms. The first-order chi connectivity index (χ1) is 8.58. The first-order valence-corrected chi connectivity index (χ1v) is 5.47. The number of hydrogen-bond acceptors (Lipinski definition) is 3. The Labute approximate surface area is 104 Å². The molecule has 0 saturated carbocycles. The van der Waals surface area contributed by atoms with Gasteiger partial charge in [0.1, 0.15) is 11.6 Å².